The second kappa shape index (κ2) is 4.77. The van der Waals surface area contributed by atoms with Crippen molar-refractivity contribution in [3.05, 3.63) is 0 Å². The van der Waals surface area contributed by atoms with Crippen LogP contribution in [0.3, 0.4) is 0 Å². The molecule has 1 atom stereocenters. The molecule has 0 spiro atoms. The highest BCUT2D eigenvalue weighted by Gasteiger charge is 2.32. The second-order valence-corrected chi connectivity index (χ2v) is 4.91. The van der Waals surface area contributed by atoms with Crippen LogP contribution in [-0.2, 0) is 9.59 Å². The summed E-state index contributed by atoms with van der Waals surface area (Å²) < 4.78 is 0. The smallest absolute Gasteiger partial charge is 0.230 e. The van der Waals surface area contributed by atoms with E-state index in [-0.39, 0.29) is 17.7 Å². The van der Waals surface area contributed by atoms with E-state index in [0.717, 1.165) is 6.42 Å². The molecule has 3 nitrogen and oxygen atoms in total. The van der Waals surface area contributed by atoms with Gasteiger partial charge in [0.05, 0.1) is 0 Å². The zero-order valence-electron chi connectivity index (χ0n) is 9.13. The van der Waals surface area contributed by atoms with Crippen LogP contribution in [-0.4, -0.2) is 11.8 Å². The molecule has 2 amide bonds. The van der Waals surface area contributed by atoms with Crippen molar-refractivity contribution in [1.82, 2.24) is 5.32 Å². The zero-order chi connectivity index (χ0) is 10.7. The van der Waals surface area contributed by atoms with Crippen LogP contribution in [0.25, 0.3) is 0 Å². The molecule has 2 rings (SSSR count). The molecule has 0 aromatic heterocycles. The van der Waals surface area contributed by atoms with Gasteiger partial charge < -0.3 is 0 Å². The molecule has 1 saturated heterocycles. The first kappa shape index (κ1) is 10.7. The molecule has 1 heterocycles. The number of nitrogens with one attached hydrogen (secondary N) is 1. The van der Waals surface area contributed by atoms with Gasteiger partial charge in [-0.15, -0.1) is 0 Å². The van der Waals surface area contributed by atoms with E-state index in [2.05, 4.69) is 5.32 Å². The molecular weight excluding hydrogens is 190 g/mol. The summed E-state index contributed by atoms with van der Waals surface area (Å²) in [7, 11) is 0. The van der Waals surface area contributed by atoms with Gasteiger partial charge in [-0.05, 0) is 12.3 Å². The molecule has 1 N–H and O–H groups in total. The molecule has 0 aromatic rings. The summed E-state index contributed by atoms with van der Waals surface area (Å²) in [5.41, 5.74) is 0. The number of carbonyl (C=O) groups excluding carboxylic acids is 2. The van der Waals surface area contributed by atoms with Crippen LogP contribution in [0.1, 0.15) is 51.4 Å². The predicted octanol–water partition coefficient (Wildman–Crippen LogP) is 2.01. The average Bonchev–Trinajstić information content (AvgIpc) is 2.44. The highest BCUT2D eigenvalue weighted by Crippen LogP contribution is 2.30. The molecule has 0 aromatic carbocycles. The maximum absolute atomic E-state index is 11.4. The number of carbonyl (C=O) groups is 2. The van der Waals surface area contributed by atoms with Crippen LogP contribution in [0, 0.1) is 11.8 Å². The predicted molar refractivity (Wildman–Crippen MR) is 57.1 cm³/mol. The lowest BCUT2D eigenvalue weighted by atomic mass is 9.88. The van der Waals surface area contributed by atoms with Gasteiger partial charge in [-0.25, -0.2) is 0 Å². The van der Waals surface area contributed by atoms with Crippen molar-refractivity contribution < 1.29 is 9.59 Å². The molecule has 0 bridgehead atoms. The van der Waals surface area contributed by atoms with Crippen molar-refractivity contribution in [3.63, 3.8) is 0 Å². The van der Waals surface area contributed by atoms with Gasteiger partial charge in [0.25, 0.3) is 0 Å². The van der Waals surface area contributed by atoms with Crippen LogP contribution in [0.5, 0.6) is 0 Å². The number of hydrogen-bond donors (Lipinski definition) is 1. The molecule has 0 radical (unpaired) electrons. The Kier molecular flexibility index (Phi) is 3.39. The third-order valence-corrected chi connectivity index (χ3v) is 3.66. The highest BCUT2D eigenvalue weighted by atomic mass is 16.2. The summed E-state index contributed by atoms with van der Waals surface area (Å²) in [6, 6.07) is 0. The van der Waals surface area contributed by atoms with Crippen LogP contribution < -0.4 is 5.32 Å². The van der Waals surface area contributed by atoms with Gasteiger partial charge in [-0.2, -0.15) is 0 Å². The molecule has 15 heavy (non-hydrogen) atoms. The Morgan fingerprint density at radius 1 is 1.07 bits per heavy atom. The second-order valence-electron chi connectivity index (χ2n) is 4.91. The van der Waals surface area contributed by atoms with E-state index in [4.69, 9.17) is 0 Å². The summed E-state index contributed by atoms with van der Waals surface area (Å²) >= 11 is 0. The normalized spacial score (nSPS) is 28.9. The molecule has 1 aliphatic carbocycles. The zero-order valence-corrected chi connectivity index (χ0v) is 9.13. The molecule has 1 saturated carbocycles. The largest absolute Gasteiger partial charge is 0.296 e. The molecule has 2 aliphatic rings. The third kappa shape index (κ3) is 2.80. The number of amides is 2. The molecular formula is C12H19NO2. The Labute approximate surface area is 90.6 Å². The summed E-state index contributed by atoms with van der Waals surface area (Å²) in [5.74, 6) is 0.526. The number of rotatable bonds is 2. The lowest BCUT2D eigenvalue weighted by Gasteiger charge is -2.16. The van der Waals surface area contributed by atoms with Crippen molar-refractivity contribution in [1.29, 1.82) is 0 Å². The van der Waals surface area contributed by atoms with Crippen LogP contribution in [0.4, 0.5) is 0 Å². The molecule has 2 fully saturated rings. The van der Waals surface area contributed by atoms with E-state index in [9.17, 15) is 9.59 Å². The van der Waals surface area contributed by atoms with Gasteiger partial charge in [0.15, 0.2) is 0 Å². The van der Waals surface area contributed by atoms with Gasteiger partial charge in [0.1, 0.15) is 0 Å². The van der Waals surface area contributed by atoms with E-state index in [1.807, 2.05) is 0 Å². The van der Waals surface area contributed by atoms with Gasteiger partial charge >= 0.3 is 0 Å². The Balaban J connectivity index is 1.84. The molecule has 3 heteroatoms. The van der Waals surface area contributed by atoms with Crippen LogP contribution in [0.15, 0.2) is 0 Å². The average molecular weight is 209 g/mol. The summed E-state index contributed by atoms with van der Waals surface area (Å²) in [6.45, 7) is 0. The molecule has 1 unspecified atom stereocenters. The molecule has 1 aliphatic heterocycles. The van der Waals surface area contributed by atoms with E-state index in [1.165, 1.54) is 38.5 Å². The van der Waals surface area contributed by atoms with Crippen LogP contribution >= 0.6 is 0 Å². The fourth-order valence-electron chi connectivity index (χ4n) is 2.80. The maximum Gasteiger partial charge on any atom is 0.230 e. The Hall–Kier alpha value is -0.860. The van der Waals surface area contributed by atoms with E-state index in [0.29, 0.717) is 12.3 Å². The van der Waals surface area contributed by atoms with Gasteiger partial charge in [0, 0.05) is 12.3 Å². The number of hydrogen-bond acceptors (Lipinski definition) is 2. The van der Waals surface area contributed by atoms with Crippen LogP contribution in [0.2, 0.25) is 0 Å². The van der Waals surface area contributed by atoms with Crippen molar-refractivity contribution in [3.8, 4) is 0 Å². The van der Waals surface area contributed by atoms with E-state index >= 15 is 0 Å². The van der Waals surface area contributed by atoms with Gasteiger partial charge in [-0.3, -0.25) is 14.9 Å². The Bertz CT molecular complexity index is 254. The minimum absolute atomic E-state index is 0.0272. The lowest BCUT2D eigenvalue weighted by molar-refractivity contribution is -0.126. The fraction of sp³-hybridized carbons (Fsp3) is 0.833. The molecule has 84 valence electrons. The van der Waals surface area contributed by atoms with Crippen molar-refractivity contribution in [2.45, 2.75) is 51.4 Å². The standard InChI is InChI=1S/C12H19NO2/c14-11-8-10(12(15)13-11)7-9-5-3-1-2-4-6-9/h9-10H,1-8H2,(H,13,14,15). The topological polar surface area (TPSA) is 46.2 Å². The summed E-state index contributed by atoms with van der Waals surface area (Å²) in [6.07, 6.45) is 9.13. The third-order valence-electron chi connectivity index (χ3n) is 3.66. The minimum atomic E-state index is -0.0846. The lowest BCUT2D eigenvalue weighted by Crippen LogP contribution is -2.23. The first-order valence-corrected chi connectivity index (χ1v) is 6.09. The fourth-order valence-corrected chi connectivity index (χ4v) is 2.80. The Morgan fingerprint density at radius 3 is 2.27 bits per heavy atom. The monoisotopic (exact) mass is 209 g/mol. The van der Waals surface area contributed by atoms with Crippen molar-refractivity contribution >= 4 is 11.8 Å². The van der Waals surface area contributed by atoms with Gasteiger partial charge in [-0.1, -0.05) is 38.5 Å². The summed E-state index contributed by atoms with van der Waals surface area (Å²) in [5, 5.41) is 2.39. The van der Waals surface area contributed by atoms with E-state index in [1.54, 1.807) is 0 Å². The van der Waals surface area contributed by atoms with Gasteiger partial charge in [0.2, 0.25) is 11.8 Å². The first-order chi connectivity index (χ1) is 7.25. The maximum atomic E-state index is 11.4. The van der Waals surface area contributed by atoms with E-state index < -0.39 is 0 Å². The highest BCUT2D eigenvalue weighted by molar-refractivity contribution is 6.03. The van der Waals surface area contributed by atoms with Crippen molar-refractivity contribution in [2.75, 3.05) is 0 Å². The first-order valence-electron chi connectivity index (χ1n) is 6.09. The summed E-state index contributed by atoms with van der Waals surface area (Å²) in [4.78, 5) is 22.5. The SMILES string of the molecule is O=C1CC(CC2CCCCCC2)C(=O)N1. The quantitative estimate of drug-likeness (QED) is 0.558. The van der Waals surface area contributed by atoms with Crippen molar-refractivity contribution in [2.24, 2.45) is 11.8 Å². The minimum Gasteiger partial charge on any atom is -0.296 e. The Morgan fingerprint density at radius 2 is 1.73 bits per heavy atom. The number of imide groups is 1.